The summed E-state index contributed by atoms with van der Waals surface area (Å²) in [6, 6.07) is 9.61. The number of rotatable bonds is 3. The molecule has 32 heavy (non-hydrogen) atoms. The highest BCUT2D eigenvalue weighted by atomic mass is 16.5. The Morgan fingerprint density at radius 3 is 2.12 bits per heavy atom. The van der Waals surface area contributed by atoms with Gasteiger partial charge in [0, 0.05) is 50.5 Å². The minimum Gasteiger partial charge on any atom is -0.378 e. The lowest BCUT2D eigenvalue weighted by atomic mass is 10.1. The molecule has 2 aliphatic heterocycles. The number of ether oxygens (including phenoxy) is 1. The van der Waals surface area contributed by atoms with Gasteiger partial charge in [0.2, 0.25) is 0 Å². The van der Waals surface area contributed by atoms with Gasteiger partial charge in [-0.3, -0.25) is 19.1 Å². The molecule has 1 aromatic carbocycles. The first-order valence-electron chi connectivity index (χ1n) is 11.0. The van der Waals surface area contributed by atoms with Gasteiger partial charge in [0.25, 0.3) is 5.91 Å². The van der Waals surface area contributed by atoms with E-state index in [-0.39, 0.29) is 5.91 Å². The van der Waals surface area contributed by atoms with Gasteiger partial charge in [-0.05, 0) is 37.6 Å². The van der Waals surface area contributed by atoms with E-state index < -0.39 is 11.8 Å². The van der Waals surface area contributed by atoms with E-state index in [9.17, 15) is 14.4 Å². The lowest BCUT2D eigenvalue weighted by Gasteiger charge is -2.36. The monoisotopic (exact) mass is 439 g/mol. The summed E-state index contributed by atoms with van der Waals surface area (Å²) in [4.78, 5) is 42.9. The summed E-state index contributed by atoms with van der Waals surface area (Å²) in [5, 5.41) is 4.49. The number of carbonyl (C=O) groups excluding carboxylic acids is 3. The maximum atomic E-state index is 13.0. The highest BCUT2D eigenvalue weighted by Crippen LogP contribution is 2.14. The number of piperazine rings is 1. The van der Waals surface area contributed by atoms with Crippen LogP contribution < -0.4 is 0 Å². The van der Waals surface area contributed by atoms with Crippen LogP contribution >= 0.6 is 0 Å². The van der Waals surface area contributed by atoms with Crippen molar-refractivity contribution in [1.29, 1.82) is 0 Å². The molecule has 2 aromatic rings. The average molecular weight is 440 g/mol. The number of aryl methyl sites for hydroxylation is 2. The molecule has 0 saturated carbocycles. The summed E-state index contributed by atoms with van der Waals surface area (Å²) in [7, 11) is 0. The van der Waals surface area contributed by atoms with E-state index in [1.54, 1.807) is 9.80 Å². The standard InChI is InChI=1S/C23H29N5O4/c1-17-14-18(2)28(24-17)16-19-4-3-5-20(15-19)21(29)25-6-8-26(9-7-25)22(30)23(31)27-10-12-32-13-11-27/h3-5,14-15H,6-13,16H2,1-2H3. The number of aromatic nitrogens is 2. The summed E-state index contributed by atoms with van der Waals surface area (Å²) in [5.41, 5.74) is 3.67. The quantitative estimate of drug-likeness (QED) is 0.657. The lowest BCUT2D eigenvalue weighted by Crippen LogP contribution is -2.55. The van der Waals surface area contributed by atoms with E-state index in [1.807, 2.05) is 48.9 Å². The van der Waals surface area contributed by atoms with Gasteiger partial charge in [-0.1, -0.05) is 12.1 Å². The second-order valence-corrected chi connectivity index (χ2v) is 8.27. The van der Waals surface area contributed by atoms with Crippen LogP contribution in [-0.4, -0.2) is 94.7 Å². The van der Waals surface area contributed by atoms with Crippen molar-refractivity contribution in [2.45, 2.75) is 20.4 Å². The molecular weight excluding hydrogens is 410 g/mol. The molecule has 2 saturated heterocycles. The molecule has 0 atom stereocenters. The fraction of sp³-hybridized carbons (Fsp3) is 0.478. The molecular formula is C23H29N5O4. The number of carbonyl (C=O) groups is 3. The Morgan fingerprint density at radius 2 is 1.50 bits per heavy atom. The van der Waals surface area contributed by atoms with Crippen LogP contribution in [0.4, 0.5) is 0 Å². The second-order valence-electron chi connectivity index (χ2n) is 8.27. The van der Waals surface area contributed by atoms with Gasteiger partial charge < -0.3 is 19.4 Å². The van der Waals surface area contributed by atoms with Crippen LogP contribution in [-0.2, 0) is 20.9 Å². The third kappa shape index (κ3) is 4.83. The molecule has 1 aromatic heterocycles. The van der Waals surface area contributed by atoms with Crippen molar-refractivity contribution in [3.63, 3.8) is 0 Å². The summed E-state index contributed by atoms with van der Waals surface area (Å²) in [6.07, 6.45) is 0. The van der Waals surface area contributed by atoms with Crippen molar-refractivity contribution in [2.75, 3.05) is 52.5 Å². The normalized spacial score (nSPS) is 16.9. The lowest BCUT2D eigenvalue weighted by molar-refractivity contribution is -0.154. The van der Waals surface area contributed by atoms with E-state index in [0.29, 0.717) is 64.6 Å². The SMILES string of the molecule is Cc1cc(C)n(Cc2cccc(C(=O)N3CCN(C(=O)C(=O)N4CCOCC4)CC3)c2)n1. The Bertz CT molecular complexity index is 1000. The van der Waals surface area contributed by atoms with Gasteiger partial charge in [0.15, 0.2) is 0 Å². The molecule has 2 aliphatic rings. The number of nitrogens with zero attached hydrogens (tertiary/aromatic N) is 5. The number of morpholine rings is 1. The van der Waals surface area contributed by atoms with E-state index in [2.05, 4.69) is 5.10 Å². The van der Waals surface area contributed by atoms with Crippen molar-refractivity contribution in [2.24, 2.45) is 0 Å². The number of benzene rings is 1. The molecule has 0 bridgehead atoms. The smallest absolute Gasteiger partial charge is 0.312 e. The first kappa shape index (κ1) is 22.0. The first-order chi connectivity index (χ1) is 15.4. The average Bonchev–Trinajstić information content (AvgIpc) is 3.14. The summed E-state index contributed by atoms with van der Waals surface area (Å²) in [5.74, 6) is -1.04. The Hall–Kier alpha value is -3.20. The summed E-state index contributed by atoms with van der Waals surface area (Å²) >= 11 is 0. The van der Waals surface area contributed by atoms with Crippen LogP contribution in [0.3, 0.4) is 0 Å². The Labute approximate surface area is 187 Å². The van der Waals surface area contributed by atoms with Crippen LogP contribution in [0.2, 0.25) is 0 Å². The minimum atomic E-state index is -0.495. The highest BCUT2D eigenvalue weighted by Gasteiger charge is 2.31. The van der Waals surface area contributed by atoms with Crippen LogP contribution in [0.25, 0.3) is 0 Å². The molecule has 3 amide bonds. The van der Waals surface area contributed by atoms with Crippen LogP contribution in [0, 0.1) is 13.8 Å². The molecule has 0 unspecified atom stereocenters. The molecule has 170 valence electrons. The third-order valence-electron chi connectivity index (χ3n) is 5.94. The van der Waals surface area contributed by atoms with Gasteiger partial charge >= 0.3 is 11.8 Å². The number of hydrogen-bond acceptors (Lipinski definition) is 5. The maximum Gasteiger partial charge on any atom is 0.312 e. The number of amides is 3. The maximum absolute atomic E-state index is 13.0. The molecule has 0 aliphatic carbocycles. The van der Waals surface area contributed by atoms with E-state index in [1.165, 1.54) is 4.90 Å². The zero-order valence-electron chi connectivity index (χ0n) is 18.6. The summed E-state index contributed by atoms with van der Waals surface area (Å²) < 4.78 is 7.16. The topological polar surface area (TPSA) is 88.0 Å². The van der Waals surface area contributed by atoms with E-state index in [0.717, 1.165) is 17.0 Å². The van der Waals surface area contributed by atoms with Crippen molar-refractivity contribution in [3.05, 3.63) is 52.8 Å². The van der Waals surface area contributed by atoms with E-state index in [4.69, 9.17) is 4.74 Å². The van der Waals surface area contributed by atoms with Crippen LogP contribution in [0.1, 0.15) is 27.3 Å². The van der Waals surface area contributed by atoms with Crippen molar-refractivity contribution < 1.29 is 19.1 Å². The number of hydrogen-bond donors (Lipinski definition) is 0. The van der Waals surface area contributed by atoms with Crippen molar-refractivity contribution in [1.82, 2.24) is 24.5 Å². The third-order valence-corrected chi connectivity index (χ3v) is 5.94. The van der Waals surface area contributed by atoms with Crippen molar-refractivity contribution >= 4 is 17.7 Å². The molecule has 2 fully saturated rings. The van der Waals surface area contributed by atoms with Gasteiger partial charge in [0.05, 0.1) is 25.5 Å². The molecule has 4 rings (SSSR count). The molecule has 0 radical (unpaired) electrons. The Morgan fingerprint density at radius 1 is 0.875 bits per heavy atom. The minimum absolute atomic E-state index is 0.0631. The van der Waals surface area contributed by atoms with E-state index >= 15 is 0 Å². The molecule has 9 nitrogen and oxygen atoms in total. The Kier molecular flexibility index (Phi) is 6.55. The Balaban J connectivity index is 1.34. The predicted molar refractivity (Wildman–Crippen MR) is 117 cm³/mol. The fourth-order valence-corrected chi connectivity index (χ4v) is 4.14. The zero-order chi connectivity index (χ0) is 22.7. The highest BCUT2D eigenvalue weighted by molar-refractivity contribution is 6.34. The van der Waals surface area contributed by atoms with Gasteiger partial charge in [0.1, 0.15) is 0 Å². The second kappa shape index (κ2) is 9.52. The molecule has 0 N–H and O–H groups in total. The van der Waals surface area contributed by atoms with Gasteiger partial charge in [-0.15, -0.1) is 0 Å². The van der Waals surface area contributed by atoms with Gasteiger partial charge in [-0.25, -0.2) is 0 Å². The molecule has 9 heteroatoms. The van der Waals surface area contributed by atoms with Crippen LogP contribution in [0.5, 0.6) is 0 Å². The summed E-state index contributed by atoms with van der Waals surface area (Å²) in [6.45, 7) is 7.89. The largest absolute Gasteiger partial charge is 0.378 e. The predicted octanol–water partition coefficient (Wildman–Crippen LogP) is 0.691. The zero-order valence-corrected chi connectivity index (χ0v) is 18.6. The van der Waals surface area contributed by atoms with Crippen LogP contribution in [0.15, 0.2) is 30.3 Å². The molecule has 3 heterocycles. The molecule has 0 spiro atoms. The van der Waals surface area contributed by atoms with Gasteiger partial charge in [-0.2, -0.15) is 5.10 Å². The first-order valence-corrected chi connectivity index (χ1v) is 11.0. The fourth-order valence-electron chi connectivity index (χ4n) is 4.14. The van der Waals surface area contributed by atoms with Crippen molar-refractivity contribution in [3.8, 4) is 0 Å².